The number of amides is 4. The van der Waals surface area contributed by atoms with Crippen molar-refractivity contribution in [1.82, 2.24) is 20.9 Å². The van der Waals surface area contributed by atoms with Gasteiger partial charge in [-0.25, -0.2) is 0 Å². The zero-order valence-electron chi connectivity index (χ0n) is 25.4. The lowest BCUT2D eigenvalue weighted by atomic mass is 10.0. The van der Waals surface area contributed by atoms with Gasteiger partial charge in [-0.3, -0.25) is 19.2 Å². The average Bonchev–Trinajstić information content (AvgIpc) is 3.02. The highest BCUT2D eigenvalue weighted by atomic mass is 16.5. The second-order valence-electron chi connectivity index (χ2n) is 11.0. The molecule has 10 nitrogen and oxygen atoms in total. The number of hydrogen-bond donors (Lipinski definition) is 3. The summed E-state index contributed by atoms with van der Waals surface area (Å²) in [6, 6.07) is 21.6. The number of ether oxygens (including phenoxy) is 2. The molecule has 232 valence electrons. The van der Waals surface area contributed by atoms with E-state index in [1.165, 1.54) is 10.5 Å². The first-order chi connectivity index (χ1) is 21.2. The summed E-state index contributed by atoms with van der Waals surface area (Å²) in [5, 5.41) is 8.24. The smallest absolute Gasteiger partial charge is 0.255 e. The highest BCUT2D eigenvalue weighted by Gasteiger charge is 2.30. The van der Waals surface area contributed by atoms with E-state index >= 15 is 0 Å². The summed E-state index contributed by atoms with van der Waals surface area (Å²) >= 11 is 0. The summed E-state index contributed by atoms with van der Waals surface area (Å²) in [4.78, 5) is 54.8. The molecule has 1 aliphatic rings. The summed E-state index contributed by atoms with van der Waals surface area (Å²) in [6.45, 7) is 4.94. The minimum absolute atomic E-state index is 0.128. The Morgan fingerprint density at radius 3 is 2.41 bits per heavy atom. The third kappa shape index (κ3) is 9.07. The van der Waals surface area contributed by atoms with Crippen LogP contribution in [0.1, 0.15) is 47.7 Å². The topological polar surface area (TPSA) is 126 Å². The standard InChI is InChI=1S/C34H40N4O6/c1-23(2)25-13-15-26(16-14-25)43-19-17-35-33(41)28-22-31(39)36-29(21-24-9-5-4-6-10-24)34(42)38(3)18-20-44-30-12-8-7-11-27(30)32(40)37-28/h4-16,23,28-29H,17-22H2,1-3H3,(H,35,41)(H,36,39)(H,37,40)/t28-,29-/m0/s1. The van der Waals surface area contributed by atoms with Gasteiger partial charge in [-0.15, -0.1) is 0 Å². The monoisotopic (exact) mass is 600 g/mol. The van der Waals surface area contributed by atoms with Crippen molar-refractivity contribution in [3.8, 4) is 11.5 Å². The first kappa shape index (κ1) is 32.1. The molecule has 3 aromatic rings. The van der Waals surface area contributed by atoms with Gasteiger partial charge < -0.3 is 30.3 Å². The zero-order valence-corrected chi connectivity index (χ0v) is 25.4. The molecular formula is C34H40N4O6. The molecule has 1 aliphatic heterocycles. The summed E-state index contributed by atoms with van der Waals surface area (Å²) < 4.78 is 11.6. The van der Waals surface area contributed by atoms with Gasteiger partial charge in [-0.1, -0.05) is 68.4 Å². The van der Waals surface area contributed by atoms with Gasteiger partial charge in [0.1, 0.15) is 36.8 Å². The highest BCUT2D eigenvalue weighted by molar-refractivity contribution is 6.01. The van der Waals surface area contributed by atoms with Gasteiger partial charge in [0.25, 0.3) is 5.91 Å². The lowest BCUT2D eigenvalue weighted by Gasteiger charge is -2.26. The third-order valence-corrected chi connectivity index (χ3v) is 7.34. The number of para-hydroxylation sites is 1. The van der Waals surface area contributed by atoms with E-state index in [0.717, 1.165) is 5.56 Å². The molecule has 0 fully saturated rings. The molecule has 0 saturated carbocycles. The van der Waals surface area contributed by atoms with Crippen LogP contribution in [0.5, 0.6) is 11.5 Å². The number of benzene rings is 3. The van der Waals surface area contributed by atoms with Crippen LogP contribution in [-0.2, 0) is 20.8 Å². The molecule has 0 radical (unpaired) electrons. The number of carbonyl (C=O) groups is 4. The van der Waals surface area contributed by atoms with Crippen molar-refractivity contribution in [2.24, 2.45) is 0 Å². The normalized spacial score (nSPS) is 17.9. The lowest BCUT2D eigenvalue weighted by Crippen LogP contribution is -2.53. The first-order valence-electron chi connectivity index (χ1n) is 14.8. The molecule has 0 spiro atoms. The molecule has 0 aliphatic carbocycles. The Hall–Kier alpha value is -4.86. The first-order valence-corrected chi connectivity index (χ1v) is 14.8. The summed E-state index contributed by atoms with van der Waals surface area (Å²) in [5.74, 6) is -0.565. The van der Waals surface area contributed by atoms with Crippen molar-refractivity contribution < 1.29 is 28.7 Å². The van der Waals surface area contributed by atoms with E-state index in [1.807, 2.05) is 54.6 Å². The Labute approximate surface area is 258 Å². The van der Waals surface area contributed by atoms with Crippen molar-refractivity contribution in [2.45, 2.75) is 44.7 Å². The van der Waals surface area contributed by atoms with E-state index in [-0.39, 0.29) is 50.6 Å². The fourth-order valence-corrected chi connectivity index (χ4v) is 4.80. The van der Waals surface area contributed by atoms with Gasteiger partial charge in [-0.05, 0) is 41.3 Å². The van der Waals surface area contributed by atoms with E-state index in [2.05, 4.69) is 29.8 Å². The van der Waals surface area contributed by atoms with Crippen LogP contribution in [0.15, 0.2) is 78.9 Å². The number of hydrogen-bond acceptors (Lipinski definition) is 6. The second kappa shape index (κ2) is 15.6. The predicted molar refractivity (Wildman–Crippen MR) is 167 cm³/mol. The van der Waals surface area contributed by atoms with Crippen LogP contribution in [0.2, 0.25) is 0 Å². The summed E-state index contributed by atoms with van der Waals surface area (Å²) in [6.07, 6.45) is -0.113. The van der Waals surface area contributed by atoms with Crippen molar-refractivity contribution >= 4 is 23.6 Å². The molecule has 0 aromatic heterocycles. The minimum atomic E-state index is -1.21. The molecule has 44 heavy (non-hydrogen) atoms. The van der Waals surface area contributed by atoms with Crippen LogP contribution in [0.3, 0.4) is 0 Å². The Kier molecular flexibility index (Phi) is 11.3. The van der Waals surface area contributed by atoms with E-state index in [9.17, 15) is 19.2 Å². The number of nitrogens with one attached hydrogen (secondary N) is 3. The molecule has 3 aromatic carbocycles. The van der Waals surface area contributed by atoms with Crippen LogP contribution in [-0.4, -0.2) is 74.0 Å². The van der Waals surface area contributed by atoms with Crippen LogP contribution >= 0.6 is 0 Å². The third-order valence-electron chi connectivity index (χ3n) is 7.34. The molecular weight excluding hydrogens is 560 g/mol. The average molecular weight is 601 g/mol. The van der Waals surface area contributed by atoms with Crippen LogP contribution < -0.4 is 25.4 Å². The van der Waals surface area contributed by atoms with E-state index < -0.39 is 29.8 Å². The minimum Gasteiger partial charge on any atom is -0.492 e. The molecule has 2 atom stereocenters. The maximum Gasteiger partial charge on any atom is 0.255 e. The quantitative estimate of drug-likeness (QED) is 0.342. The number of nitrogens with zero attached hydrogens (tertiary/aromatic N) is 1. The van der Waals surface area contributed by atoms with Crippen LogP contribution in [0.25, 0.3) is 0 Å². The summed E-state index contributed by atoms with van der Waals surface area (Å²) in [7, 11) is 1.64. The van der Waals surface area contributed by atoms with Crippen LogP contribution in [0, 0.1) is 0 Å². The van der Waals surface area contributed by atoms with Gasteiger partial charge in [0, 0.05) is 13.5 Å². The maximum absolute atomic E-state index is 13.4. The maximum atomic E-state index is 13.4. The van der Waals surface area contributed by atoms with Crippen LogP contribution in [0.4, 0.5) is 0 Å². The molecule has 0 saturated heterocycles. The number of fused-ring (bicyclic) bond motifs is 1. The Balaban J connectivity index is 1.49. The van der Waals surface area contributed by atoms with Gasteiger partial charge in [0.05, 0.1) is 25.1 Å². The second-order valence-corrected chi connectivity index (χ2v) is 11.0. The van der Waals surface area contributed by atoms with Gasteiger partial charge in [0.2, 0.25) is 17.7 Å². The molecule has 0 bridgehead atoms. The number of rotatable bonds is 8. The predicted octanol–water partition coefficient (Wildman–Crippen LogP) is 3.07. The fourth-order valence-electron chi connectivity index (χ4n) is 4.80. The van der Waals surface area contributed by atoms with E-state index in [0.29, 0.717) is 17.4 Å². The molecule has 4 amide bonds. The fraction of sp³-hybridized carbons (Fsp3) is 0.353. The van der Waals surface area contributed by atoms with Gasteiger partial charge >= 0.3 is 0 Å². The molecule has 3 N–H and O–H groups in total. The number of likely N-dealkylation sites (N-methyl/N-ethyl adjacent to an activating group) is 1. The van der Waals surface area contributed by atoms with Crippen molar-refractivity contribution in [2.75, 3.05) is 33.4 Å². The Morgan fingerprint density at radius 1 is 0.977 bits per heavy atom. The van der Waals surface area contributed by atoms with Crippen molar-refractivity contribution in [3.63, 3.8) is 0 Å². The van der Waals surface area contributed by atoms with Crippen molar-refractivity contribution in [3.05, 3.63) is 95.6 Å². The van der Waals surface area contributed by atoms with E-state index in [1.54, 1.807) is 31.3 Å². The lowest BCUT2D eigenvalue weighted by molar-refractivity contribution is -0.136. The summed E-state index contributed by atoms with van der Waals surface area (Å²) in [5.41, 5.74) is 2.28. The van der Waals surface area contributed by atoms with Gasteiger partial charge in [-0.2, -0.15) is 0 Å². The zero-order chi connectivity index (χ0) is 31.5. The molecule has 4 rings (SSSR count). The highest BCUT2D eigenvalue weighted by Crippen LogP contribution is 2.20. The SMILES string of the molecule is CC(C)c1ccc(OCCNC(=O)[C@@H]2CC(=O)N[C@@H](Cc3ccccc3)C(=O)N(C)CCOc3ccccc3C(=O)N2)cc1. The largest absolute Gasteiger partial charge is 0.492 e. The van der Waals surface area contributed by atoms with Crippen molar-refractivity contribution in [1.29, 1.82) is 0 Å². The molecule has 0 unspecified atom stereocenters. The molecule has 10 heteroatoms. The Bertz CT molecular complexity index is 1430. The van der Waals surface area contributed by atoms with Gasteiger partial charge in [0.15, 0.2) is 0 Å². The number of carbonyl (C=O) groups excluding carboxylic acids is 4. The molecule has 1 heterocycles. The van der Waals surface area contributed by atoms with E-state index in [4.69, 9.17) is 9.47 Å². The Morgan fingerprint density at radius 2 is 1.68 bits per heavy atom.